The lowest BCUT2D eigenvalue weighted by atomic mass is 9.98. The number of nitrogens with zero attached hydrogens (tertiary/aromatic N) is 2. The molecule has 0 fully saturated rings. The topological polar surface area (TPSA) is 49.8 Å². The maximum atomic E-state index is 4.54. The quantitative estimate of drug-likeness (QED) is 0.692. The Morgan fingerprint density at radius 3 is 2.52 bits per heavy atom. The van der Waals surface area contributed by atoms with E-state index in [0.29, 0.717) is 5.92 Å². The van der Waals surface area contributed by atoms with Crippen LogP contribution in [0.1, 0.15) is 56.5 Å². The molecule has 0 aliphatic carbocycles. The van der Waals surface area contributed by atoms with E-state index in [2.05, 4.69) is 66.5 Å². The molecule has 0 saturated carbocycles. The van der Waals surface area contributed by atoms with Gasteiger partial charge in [-0.1, -0.05) is 45.4 Å². The average Bonchev–Trinajstić information content (AvgIpc) is 2.49. The molecule has 0 unspecified atom stereocenters. The second-order valence-corrected chi connectivity index (χ2v) is 6.28. The van der Waals surface area contributed by atoms with Gasteiger partial charge in [-0.3, -0.25) is 0 Å². The first-order chi connectivity index (χ1) is 11.0. The van der Waals surface area contributed by atoms with Gasteiger partial charge in [-0.15, -0.1) is 0 Å². The molecule has 124 valence electrons. The molecule has 1 aromatic carbocycles. The highest BCUT2D eigenvalue weighted by Crippen LogP contribution is 2.30. The Hall–Kier alpha value is -2.10. The first-order valence-corrected chi connectivity index (χ1v) is 8.47. The van der Waals surface area contributed by atoms with Crippen LogP contribution in [0.5, 0.6) is 0 Å². The van der Waals surface area contributed by atoms with Gasteiger partial charge in [-0.05, 0) is 37.3 Å². The van der Waals surface area contributed by atoms with E-state index in [1.807, 2.05) is 13.0 Å². The molecule has 0 aliphatic rings. The zero-order chi connectivity index (χ0) is 16.8. The largest absolute Gasteiger partial charge is 0.370 e. The van der Waals surface area contributed by atoms with Crippen molar-refractivity contribution in [1.82, 2.24) is 9.97 Å². The second kappa shape index (κ2) is 7.95. The summed E-state index contributed by atoms with van der Waals surface area (Å²) in [5.74, 6) is 2.96. The zero-order valence-corrected chi connectivity index (χ0v) is 14.9. The van der Waals surface area contributed by atoms with E-state index in [4.69, 9.17) is 0 Å². The maximum absolute atomic E-state index is 4.54. The van der Waals surface area contributed by atoms with E-state index in [1.54, 1.807) is 0 Å². The van der Waals surface area contributed by atoms with E-state index in [9.17, 15) is 0 Å². The van der Waals surface area contributed by atoms with Gasteiger partial charge in [0.15, 0.2) is 0 Å². The second-order valence-electron chi connectivity index (χ2n) is 6.28. The standard InChI is InChI=1S/C19H28N4/c1-6-7-11-20-17-12-18(22-15(5)21-17)23-19-14(4)9-8-10-16(19)13(2)3/h8-10,12-13H,6-7,11H2,1-5H3,(H2,20,21,22,23). The lowest BCUT2D eigenvalue weighted by Crippen LogP contribution is -2.07. The summed E-state index contributed by atoms with van der Waals surface area (Å²) in [5, 5.41) is 6.88. The molecule has 4 heteroatoms. The Morgan fingerprint density at radius 2 is 1.83 bits per heavy atom. The molecule has 23 heavy (non-hydrogen) atoms. The van der Waals surface area contributed by atoms with Crippen LogP contribution in [0.15, 0.2) is 24.3 Å². The number of para-hydroxylation sites is 1. The van der Waals surface area contributed by atoms with Crippen LogP contribution in [0, 0.1) is 13.8 Å². The van der Waals surface area contributed by atoms with E-state index < -0.39 is 0 Å². The van der Waals surface area contributed by atoms with Gasteiger partial charge in [0, 0.05) is 18.3 Å². The fraction of sp³-hybridized carbons (Fsp3) is 0.474. The molecular weight excluding hydrogens is 284 g/mol. The summed E-state index contributed by atoms with van der Waals surface area (Å²) in [5.41, 5.74) is 3.69. The minimum atomic E-state index is 0.461. The van der Waals surface area contributed by atoms with Crippen molar-refractivity contribution in [2.75, 3.05) is 17.2 Å². The molecule has 0 spiro atoms. The summed E-state index contributed by atoms with van der Waals surface area (Å²) >= 11 is 0. The highest BCUT2D eigenvalue weighted by molar-refractivity contribution is 5.66. The molecule has 1 aromatic heterocycles. The Balaban J connectivity index is 2.26. The minimum Gasteiger partial charge on any atom is -0.370 e. The number of rotatable bonds is 7. The number of unbranched alkanes of at least 4 members (excludes halogenated alkanes) is 1. The minimum absolute atomic E-state index is 0.461. The third-order valence-electron chi connectivity index (χ3n) is 3.85. The van der Waals surface area contributed by atoms with Crippen molar-refractivity contribution in [3.05, 3.63) is 41.2 Å². The molecule has 2 N–H and O–H groups in total. The van der Waals surface area contributed by atoms with Crippen LogP contribution in [0.2, 0.25) is 0 Å². The van der Waals surface area contributed by atoms with Crippen molar-refractivity contribution in [2.45, 2.75) is 53.4 Å². The van der Waals surface area contributed by atoms with Crippen LogP contribution >= 0.6 is 0 Å². The van der Waals surface area contributed by atoms with Gasteiger partial charge in [0.05, 0.1) is 0 Å². The summed E-state index contributed by atoms with van der Waals surface area (Å²) in [6.07, 6.45) is 2.31. The Labute approximate surface area is 139 Å². The van der Waals surface area contributed by atoms with Crippen molar-refractivity contribution in [2.24, 2.45) is 0 Å². The van der Waals surface area contributed by atoms with Crippen molar-refractivity contribution >= 4 is 17.3 Å². The molecule has 0 amide bonds. The molecular formula is C19H28N4. The van der Waals surface area contributed by atoms with Crippen molar-refractivity contribution < 1.29 is 0 Å². The highest BCUT2D eigenvalue weighted by Gasteiger charge is 2.10. The smallest absolute Gasteiger partial charge is 0.136 e. The van der Waals surface area contributed by atoms with Gasteiger partial charge < -0.3 is 10.6 Å². The van der Waals surface area contributed by atoms with Crippen molar-refractivity contribution in [1.29, 1.82) is 0 Å². The number of nitrogens with one attached hydrogen (secondary N) is 2. The van der Waals surface area contributed by atoms with Crippen LogP contribution in [0.25, 0.3) is 0 Å². The first kappa shape index (κ1) is 17.3. The van der Waals surface area contributed by atoms with E-state index in [1.165, 1.54) is 17.5 Å². The van der Waals surface area contributed by atoms with E-state index in [-0.39, 0.29) is 0 Å². The van der Waals surface area contributed by atoms with E-state index in [0.717, 1.165) is 36.1 Å². The zero-order valence-electron chi connectivity index (χ0n) is 14.9. The summed E-state index contributed by atoms with van der Waals surface area (Å²) in [4.78, 5) is 9.00. The number of benzene rings is 1. The predicted octanol–water partition coefficient (Wildman–Crippen LogP) is 5.17. The fourth-order valence-electron chi connectivity index (χ4n) is 2.59. The van der Waals surface area contributed by atoms with Gasteiger partial charge >= 0.3 is 0 Å². The molecule has 2 aromatic rings. The van der Waals surface area contributed by atoms with Gasteiger partial charge in [-0.2, -0.15) is 0 Å². The number of hydrogen-bond donors (Lipinski definition) is 2. The SMILES string of the molecule is CCCCNc1cc(Nc2c(C)cccc2C(C)C)nc(C)n1. The third kappa shape index (κ3) is 4.68. The van der Waals surface area contributed by atoms with Gasteiger partial charge in [0.25, 0.3) is 0 Å². The monoisotopic (exact) mass is 312 g/mol. The molecule has 0 atom stereocenters. The van der Waals surface area contributed by atoms with E-state index >= 15 is 0 Å². The first-order valence-electron chi connectivity index (χ1n) is 8.47. The van der Waals surface area contributed by atoms with Crippen molar-refractivity contribution in [3.8, 4) is 0 Å². The number of hydrogen-bond acceptors (Lipinski definition) is 4. The highest BCUT2D eigenvalue weighted by atomic mass is 15.1. The number of aromatic nitrogens is 2. The van der Waals surface area contributed by atoms with Crippen LogP contribution in [-0.4, -0.2) is 16.5 Å². The van der Waals surface area contributed by atoms with Gasteiger partial charge in [0.2, 0.25) is 0 Å². The summed E-state index contributed by atoms with van der Waals surface area (Å²) in [6.45, 7) is 11.6. The van der Waals surface area contributed by atoms with Crippen LogP contribution in [0.4, 0.5) is 17.3 Å². The van der Waals surface area contributed by atoms with Gasteiger partial charge in [0.1, 0.15) is 17.5 Å². The summed E-state index contributed by atoms with van der Waals surface area (Å²) < 4.78 is 0. The maximum Gasteiger partial charge on any atom is 0.136 e. The van der Waals surface area contributed by atoms with Crippen molar-refractivity contribution in [3.63, 3.8) is 0 Å². The predicted molar refractivity (Wildman–Crippen MR) is 98.7 cm³/mol. The lowest BCUT2D eigenvalue weighted by molar-refractivity contribution is 0.829. The fourth-order valence-corrected chi connectivity index (χ4v) is 2.59. The average molecular weight is 312 g/mol. The molecule has 0 saturated heterocycles. The lowest BCUT2D eigenvalue weighted by Gasteiger charge is -2.17. The van der Waals surface area contributed by atoms with Crippen LogP contribution < -0.4 is 10.6 Å². The number of anilines is 3. The van der Waals surface area contributed by atoms with Crippen LogP contribution in [-0.2, 0) is 0 Å². The molecule has 4 nitrogen and oxygen atoms in total. The molecule has 2 rings (SSSR count). The molecule has 0 bridgehead atoms. The summed E-state index contributed by atoms with van der Waals surface area (Å²) in [6, 6.07) is 8.40. The number of aryl methyl sites for hydroxylation is 2. The van der Waals surface area contributed by atoms with Gasteiger partial charge in [-0.25, -0.2) is 9.97 Å². The van der Waals surface area contributed by atoms with Crippen LogP contribution in [0.3, 0.4) is 0 Å². The third-order valence-corrected chi connectivity index (χ3v) is 3.85. The molecule has 0 aliphatic heterocycles. The Bertz CT molecular complexity index is 650. The molecule has 0 radical (unpaired) electrons. The Kier molecular flexibility index (Phi) is 5.97. The molecule has 1 heterocycles. The summed E-state index contributed by atoms with van der Waals surface area (Å²) in [7, 11) is 0. The Morgan fingerprint density at radius 1 is 1.09 bits per heavy atom. The normalized spacial score (nSPS) is 10.9.